The van der Waals surface area contributed by atoms with Gasteiger partial charge in [0.25, 0.3) is 11.8 Å². The number of furan rings is 1. The Labute approximate surface area is 164 Å². The van der Waals surface area contributed by atoms with E-state index in [2.05, 4.69) is 26.1 Å². The summed E-state index contributed by atoms with van der Waals surface area (Å²) in [6.45, 7) is 7.88. The minimum absolute atomic E-state index is 0.0421. The molecule has 0 saturated heterocycles. The molecule has 0 saturated carbocycles. The Morgan fingerprint density at radius 1 is 1.30 bits per heavy atom. The first-order chi connectivity index (χ1) is 13.0. The average Bonchev–Trinajstić information content (AvgIpc) is 3.28. The van der Waals surface area contributed by atoms with Gasteiger partial charge in [0.05, 0.1) is 11.8 Å². The van der Waals surface area contributed by atoms with Crippen LogP contribution in [-0.4, -0.2) is 29.8 Å². The Morgan fingerprint density at radius 2 is 2.04 bits per heavy atom. The highest BCUT2D eigenvalue weighted by atomic mass is 32.1. The lowest BCUT2D eigenvalue weighted by Crippen LogP contribution is -2.33. The first-order valence-electron chi connectivity index (χ1n) is 9.83. The summed E-state index contributed by atoms with van der Waals surface area (Å²) in [6.07, 6.45) is 6.27. The van der Waals surface area contributed by atoms with E-state index in [0.717, 1.165) is 50.8 Å². The maximum Gasteiger partial charge on any atom is 0.291 e. The van der Waals surface area contributed by atoms with Gasteiger partial charge in [0.1, 0.15) is 5.00 Å². The van der Waals surface area contributed by atoms with Crippen molar-refractivity contribution in [3.8, 4) is 0 Å². The number of carbonyl (C=O) groups is 2. The Balaban J connectivity index is 1.96. The van der Waals surface area contributed by atoms with Gasteiger partial charge in [0.15, 0.2) is 5.76 Å². The van der Waals surface area contributed by atoms with Gasteiger partial charge in [-0.05, 0) is 55.7 Å². The summed E-state index contributed by atoms with van der Waals surface area (Å²) < 4.78 is 5.21. The minimum Gasteiger partial charge on any atom is -0.459 e. The summed E-state index contributed by atoms with van der Waals surface area (Å²) in [4.78, 5) is 29.1. The number of anilines is 1. The molecule has 5 nitrogen and oxygen atoms in total. The molecule has 27 heavy (non-hydrogen) atoms. The lowest BCUT2D eigenvalue weighted by atomic mass is 9.88. The highest BCUT2D eigenvalue weighted by Crippen LogP contribution is 2.40. The van der Waals surface area contributed by atoms with E-state index < -0.39 is 0 Å². The molecule has 1 unspecified atom stereocenters. The largest absolute Gasteiger partial charge is 0.459 e. The van der Waals surface area contributed by atoms with E-state index in [9.17, 15) is 9.59 Å². The molecule has 1 aliphatic carbocycles. The Hall–Kier alpha value is -2.08. The number of amides is 2. The van der Waals surface area contributed by atoms with Crippen LogP contribution in [0.25, 0.3) is 0 Å². The molecule has 0 aliphatic heterocycles. The van der Waals surface area contributed by atoms with E-state index >= 15 is 0 Å². The van der Waals surface area contributed by atoms with Gasteiger partial charge in [0, 0.05) is 18.0 Å². The fraction of sp³-hybridized carbons (Fsp3) is 0.524. The number of nitrogens with one attached hydrogen (secondary N) is 1. The van der Waals surface area contributed by atoms with Crippen LogP contribution in [0.2, 0.25) is 0 Å². The van der Waals surface area contributed by atoms with Gasteiger partial charge in [-0.3, -0.25) is 9.59 Å². The molecular weight excluding hydrogens is 360 g/mol. The summed E-state index contributed by atoms with van der Waals surface area (Å²) in [5.41, 5.74) is 1.83. The Kier molecular flexibility index (Phi) is 6.37. The van der Waals surface area contributed by atoms with Crippen LogP contribution in [0.1, 0.15) is 71.4 Å². The van der Waals surface area contributed by atoms with E-state index in [1.165, 1.54) is 11.1 Å². The molecule has 0 aromatic carbocycles. The topological polar surface area (TPSA) is 62.6 Å². The maximum absolute atomic E-state index is 13.4. The third kappa shape index (κ3) is 4.26. The van der Waals surface area contributed by atoms with E-state index in [-0.39, 0.29) is 17.6 Å². The van der Waals surface area contributed by atoms with Crippen molar-refractivity contribution in [3.05, 3.63) is 40.2 Å². The van der Waals surface area contributed by atoms with Gasteiger partial charge in [0.2, 0.25) is 0 Å². The van der Waals surface area contributed by atoms with Crippen LogP contribution in [-0.2, 0) is 12.8 Å². The van der Waals surface area contributed by atoms with Gasteiger partial charge < -0.3 is 14.6 Å². The van der Waals surface area contributed by atoms with E-state index in [4.69, 9.17) is 4.42 Å². The minimum atomic E-state index is -0.307. The van der Waals surface area contributed by atoms with Crippen molar-refractivity contribution < 1.29 is 14.0 Å². The van der Waals surface area contributed by atoms with Crippen LogP contribution in [0.4, 0.5) is 5.00 Å². The molecule has 2 heterocycles. The van der Waals surface area contributed by atoms with Gasteiger partial charge in [-0.1, -0.05) is 20.8 Å². The summed E-state index contributed by atoms with van der Waals surface area (Å²) in [6, 6.07) is 3.32. The summed E-state index contributed by atoms with van der Waals surface area (Å²) in [7, 11) is 0. The quantitative estimate of drug-likeness (QED) is 0.727. The van der Waals surface area contributed by atoms with Crippen LogP contribution in [0.15, 0.2) is 22.8 Å². The zero-order chi connectivity index (χ0) is 19.4. The van der Waals surface area contributed by atoms with E-state index in [0.29, 0.717) is 16.5 Å². The number of rotatable bonds is 7. The molecule has 1 N–H and O–H groups in total. The predicted molar refractivity (Wildman–Crippen MR) is 109 cm³/mol. The highest BCUT2D eigenvalue weighted by Gasteiger charge is 2.30. The average molecular weight is 389 g/mol. The van der Waals surface area contributed by atoms with E-state index in [1.54, 1.807) is 23.5 Å². The van der Waals surface area contributed by atoms with E-state index in [1.807, 2.05) is 4.90 Å². The third-order valence-electron chi connectivity index (χ3n) is 4.97. The molecular formula is C21H28N2O3S. The van der Waals surface area contributed by atoms with Gasteiger partial charge in [-0.15, -0.1) is 11.3 Å². The molecule has 146 valence electrons. The van der Waals surface area contributed by atoms with Crippen molar-refractivity contribution in [1.29, 1.82) is 0 Å². The van der Waals surface area contributed by atoms with Crippen molar-refractivity contribution in [2.24, 2.45) is 5.92 Å². The number of thiophene rings is 1. The normalized spacial score (nSPS) is 16.0. The molecule has 2 amide bonds. The lowest BCUT2D eigenvalue weighted by molar-refractivity contribution is 0.0755. The summed E-state index contributed by atoms with van der Waals surface area (Å²) >= 11 is 1.55. The number of hydrogen-bond acceptors (Lipinski definition) is 4. The van der Waals surface area contributed by atoms with Gasteiger partial charge >= 0.3 is 0 Å². The molecule has 2 aromatic rings. The molecule has 1 aliphatic rings. The highest BCUT2D eigenvalue weighted by molar-refractivity contribution is 7.17. The van der Waals surface area contributed by atoms with Crippen molar-refractivity contribution in [1.82, 2.24) is 4.90 Å². The fourth-order valence-corrected chi connectivity index (χ4v) is 5.05. The summed E-state index contributed by atoms with van der Waals surface area (Å²) in [5.74, 6) is 0.598. The van der Waals surface area contributed by atoms with Crippen molar-refractivity contribution in [3.63, 3.8) is 0 Å². The maximum atomic E-state index is 13.4. The van der Waals surface area contributed by atoms with Crippen molar-refractivity contribution in [2.45, 2.75) is 52.9 Å². The summed E-state index contributed by atoms with van der Waals surface area (Å²) in [5, 5.41) is 3.61. The number of carbonyl (C=O) groups excluding carboxylic acids is 2. The van der Waals surface area contributed by atoms with Crippen LogP contribution in [0.5, 0.6) is 0 Å². The fourth-order valence-electron chi connectivity index (χ4n) is 3.65. The number of hydrogen-bond donors (Lipinski definition) is 1. The van der Waals surface area contributed by atoms with Gasteiger partial charge in [-0.2, -0.15) is 0 Å². The molecule has 0 spiro atoms. The SMILES string of the molecule is CCCN(CCC)C(=O)c1c(NC(=O)c2ccco2)sc2c1CCC(C)C2. The number of nitrogens with zero attached hydrogens (tertiary/aromatic N) is 1. The Bertz CT molecular complexity index is 789. The molecule has 3 rings (SSSR count). The van der Waals surface area contributed by atoms with Crippen LogP contribution in [0, 0.1) is 5.92 Å². The predicted octanol–water partition coefficient (Wildman–Crippen LogP) is 4.98. The Morgan fingerprint density at radius 3 is 2.67 bits per heavy atom. The van der Waals surface area contributed by atoms with Crippen LogP contribution in [0.3, 0.4) is 0 Å². The van der Waals surface area contributed by atoms with Crippen molar-refractivity contribution >= 4 is 28.2 Å². The third-order valence-corrected chi connectivity index (χ3v) is 6.14. The molecule has 2 aromatic heterocycles. The van der Waals surface area contributed by atoms with Crippen LogP contribution >= 0.6 is 11.3 Å². The van der Waals surface area contributed by atoms with Gasteiger partial charge in [-0.25, -0.2) is 0 Å². The smallest absolute Gasteiger partial charge is 0.291 e. The number of fused-ring (bicyclic) bond motifs is 1. The second kappa shape index (κ2) is 8.74. The zero-order valence-corrected chi connectivity index (χ0v) is 17.2. The second-order valence-corrected chi connectivity index (χ2v) is 8.38. The van der Waals surface area contributed by atoms with Crippen molar-refractivity contribution in [2.75, 3.05) is 18.4 Å². The standard InChI is InChI=1S/C21H28N2O3S/c1-4-10-23(11-5-2)21(25)18-15-9-8-14(3)13-17(15)27-20(18)22-19(24)16-7-6-12-26-16/h6-7,12,14H,4-5,8-11,13H2,1-3H3,(H,22,24). The molecule has 6 heteroatoms. The zero-order valence-electron chi connectivity index (χ0n) is 16.3. The first-order valence-corrected chi connectivity index (χ1v) is 10.6. The van der Waals surface area contributed by atoms with Crippen LogP contribution < -0.4 is 5.32 Å². The molecule has 1 atom stereocenters. The monoisotopic (exact) mass is 388 g/mol. The molecule has 0 bridgehead atoms. The lowest BCUT2D eigenvalue weighted by Gasteiger charge is -2.24. The molecule has 0 fully saturated rings. The second-order valence-electron chi connectivity index (χ2n) is 7.28. The first kappa shape index (κ1) is 19.7. The molecule has 0 radical (unpaired) electrons.